The van der Waals surface area contributed by atoms with Gasteiger partial charge in [0.25, 0.3) is 0 Å². The maximum absolute atomic E-state index is 8.55. The molecule has 0 fully saturated rings. The van der Waals surface area contributed by atoms with Crippen LogP contribution >= 0.6 is 11.6 Å². The molecule has 0 unspecified atom stereocenters. The first-order valence-corrected chi connectivity index (χ1v) is 4.44. The van der Waals surface area contributed by atoms with Crippen LogP contribution in [0.5, 0.6) is 0 Å². The first kappa shape index (κ1) is 10.1. The molecule has 1 rings (SSSR count). The number of aliphatic hydroxyl groups is 1. The maximum Gasteiger partial charge on any atom is 0.0641 e. The minimum atomic E-state index is 0.166. The molecule has 3 N–H and O–H groups in total. The normalized spacial score (nSPS) is 10.9. The van der Waals surface area contributed by atoms with Crippen molar-refractivity contribution < 1.29 is 5.11 Å². The lowest BCUT2D eigenvalue weighted by Gasteiger charge is -1.98. The number of hydrogen-bond acceptors (Lipinski definition) is 2. The summed E-state index contributed by atoms with van der Waals surface area (Å²) in [5.74, 6) is 0. The van der Waals surface area contributed by atoms with E-state index >= 15 is 0 Å². The predicted octanol–water partition coefficient (Wildman–Crippen LogP) is 2.32. The molecule has 0 aliphatic carbocycles. The third kappa shape index (κ3) is 3.09. The fourth-order valence-corrected chi connectivity index (χ4v) is 1.13. The number of rotatable bonds is 3. The highest BCUT2D eigenvalue weighted by Gasteiger charge is 1.94. The fourth-order valence-electron chi connectivity index (χ4n) is 0.941. The number of nitrogen functional groups attached to an aromatic ring is 1. The van der Waals surface area contributed by atoms with Crippen LogP contribution in [0.2, 0.25) is 5.02 Å². The van der Waals surface area contributed by atoms with Gasteiger partial charge < -0.3 is 10.8 Å². The lowest BCUT2D eigenvalue weighted by molar-refractivity contribution is 0.303. The average molecular weight is 198 g/mol. The monoisotopic (exact) mass is 197 g/mol. The van der Waals surface area contributed by atoms with Crippen molar-refractivity contribution in [2.24, 2.45) is 0 Å². The molecule has 0 heterocycles. The summed E-state index contributed by atoms with van der Waals surface area (Å²) in [4.78, 5) is 0. The number of benzene rings is 1. The van der Waals surface area contributed by atoms with Gasteiger partial charge in [-0.05, 0) is 24.1 Å². The molecular formula is C10H12ClNO. The second-order valence-corrected chi connectivity index (χ2v) is 3.10. The Kier molecular flexibility index (Phi) is 3.80. The molecule has 70 valence electrons. The van der Waals surface area contributed by atoms with Crippen LogP contribution in [0.4, 0.5) is 5.69 Å². The Balaban J connectivity index is 2.73. The van der Waals surface area contributed by atoms with E-state index in [0.717, 1.165) is 5.56 Å². The van der Waals surface area contributed by atoms with E-state index in [9.17, 15) is 0 Å². The number of hydrogen-bond donors (Lipinski definition) is 2. The van der Waals surface area contributed by atoms with Crippen molar-refractivity contribution in [2.75, 3.05) is 12.3 Å². The van der Waals surface area contributed by atoms with Gasteiger partial charge in [0.15, 0.2) is 0 Å². The van der Waals surface area contributed by atoms with E-state index in [4.69, 9.17) is 22.4 Å². The van der Waals surface area contributed by atoms with Crippen molar-refractivity contribution >= 4 is 23.4 Å². The number of nitrogens with two attached hydrogens (primary N) is 1. The molecule has 0 aliphatic heterocycles. The zero-order chi connectivity index (χ0) is 9.68. The van der Waals surface area contributed by atoms with Gasteiger partial charge in [-0.1, -0.05) is 29.8 Å². The van der Waals surface area contributed by atoms with Gasteiger partial charge in [0.2, 0.25) is 0 Å². The Morgan fingerprint density at radius 2 is 2.23 bits per heavy atom. The van der Waals surface area contributed by atoms with Gasteiger partial charge in [-0.15, -0.1) is 0 Å². The first-order valence-electron chi connectivity index (χ1n) is 4.06. The summed E-state index contributed by atoms with van der Waals surface area (Å²) in [6.07, 6.45) is 4.45. The Bertz CT molecular complexity index is 310. The Labute approximate surface area is 82.6 Å². The summed E-state index contributed by atoms with van der Waals surface area (Å²) in [5, 5.41) is 9.11. The largest absolute Gasteiger partial charge is 0.398 e. The van der Waals surface area contributed by atoms with E-state index in [1.54, 1.807) is 12.1 Å². The summed E-state index contributed by atoms with van der Waals surface area (Å²) >= 11 is 5.82. The fraction of sp³-hybridized carbons (Fsp3) is 0.200. The number of halogens is 1. The first-order chi connectivity index (χ1) is 6.24. The summed E-state index contributed by atoms with van der Waals surface area (Å²) < 4.78 is 0. The summed E-state index contributed by atoms with van der Waals surface area (Å²) in [6.45, 7) is 0.166. The van der Waals surface area contributed by atoms with Crippen LogP contribution in [0.1, 0.15) is 12.0 Å². The van der Waals surface area contributed by atoms with Gasteiger partial charge in [-0.2, -0.15) is 0 Å². The third-order valence-corrected chi connectivity index (χ3v) is 1.96. The van der Waals surface area contributed by atoms with E-state index in [0.29, 0.717) is 17.1 Å². The van der Waals surface area contributed by atoms with Gasteiger partial charge in [-0.25, -0.2) is 0 Å². The highest BCUT2D eigenvalue weighted by molar-refractivity contribution is 6.33. The van der Waals surface area contributed by atoms with E-state index < -0.39 is 0 Å². The summed E-state index contributed by atoms with van der Waals surface area (Å²) in [5.41, 5.74) is 7.12. The van der Waals surface area contributed by atoms with E-state index in [2.05, 4.69) is 0 Å². The molecule has 0 saturated carbocycles. The van der Waals surface area contributed by atoms with Crippen LogP contribution < -0.4 is 5.73 Å². The Morgan fingerprint density at radius 1 is 1.46 bits per heavy atom. The topological polar surface area (TPSA) is 46.2 Å². The van der Waals surface area contributed by atoms with Gasteiger partial charge in [-0.3, -0.25) is 0 Å². The van der Waals surface area contributed by atoms with Crippen molar-refractivity contribution in [3.63, 3.8) is 0 Å². The summed E-state index contributed by atoms with van der Waals surface area (Å²) in [7, 11) is 0. The Hall–Kier alpha value is -0.990. The van der Waals surface area contributed by atoms with Crippen LogP contribution in [0.25, 0.3) is 6.08 Å². The second-order valence-electron chi connectivity index (χ2n) is 2.70. The molecule has 0 bridgehead atoms. The lowest BCUT2D eigenvalue weighted by atomic mass is 10.2. The van der Waals surface area contributed by atoms with Crippen LogP contribution in [0.15, 0.2) is 24.3 Å². The average Bonchev–Trinajstić information content (AvgIpc) is 2.12. The molecule has 1 aromatic rings. The SMILES string of the molecule is Nc1ccc(C=CCCO)cc1Cl. The number of aliphatic hydroxyl groups excluding tert-OH is 1. The molecule has 0 atom stereocenters. The van der Waals surface area contributed by atoms with Gasteiger partial charge >= 0.3 is 0 Å². The third-order valence-electron chi connectivity index (χ3n) is 1.63. The Morgan fingerprint density at radius 3 is 2.85 bits per heavy atom. The molecule has 0 saturated heterocycles. The zero-order valence-electron chi connectivity index (χ0n) is 7.20. The maximum atomic E-state index is 8.55. The molecule has 0 amide bonds. The van der Waals surface area contributed by atoms with Crippen molar-refractivity contribution in [3.8, 4) is 0 Å². The summed E-state index contributed by atoms with van der Waals surface area (Å²) in [6, 6.07) is 5.45. The zero-order valence-corrected chi connectivity index (χ0v) is 7.96. The molecular weight excluding hydrogens is 186 g/mol. The van der Waals surface area contributed by atoms with Crippen molar-refractivity contribution in [1.29, 1.82) is 0 Å². The van der Waals surface area contributed by atoms with Crippen LogP contribution in [0.3, 0.4) is 0 Å². The van der Waals surface area contributed by atoms with E-state index in [1.807, 2.05) is 18.2 Å². The van der Waals surface area contributed by atoms with Crippen LogP contribution in [-0.2, 0) is 0 Å². The quantitative estimate of drug-likeness (QED) is 0.731. The van der Waals surface area contributed by atoms with Gasteiger partial charge in [0.05, 0.1) is 10.7 Å². The minimum absolute atomic E-state index is 0.166. The molecule has 0 aromatic heterocycles. The molecule has 1 aromatic carbocycles. The molecule has 0 spiro atoms. The highest BCUT2D eigenvalue weighted by atomic mass is 35.5. The smallest absolute Gasteiger partial charge is 0.0641 e. The number of anilines is 1. The van der Waals surface area contributed by atoms with Crippen LogP contribution in [-0.4, -0.2) is 11.7 Å². The molecule has 13 heavy (non-hydrogen) atoms. The molecule has 0 radical (unpaired) electrons. The van der Waals surface area contributed by atoms with Crippen LogP contribution in [0, 0.1) is 0 Å². The van der Waals surface area contributed by atoms with Gasteiger partial charge in [0.1, 0.15) is 0 Å². The van der Waals surface area contributed by atoms with Crippen molar-refractivity contribution in [1.82, 2.24) is 0 Å². The minimum Gasteiger partial charge on any atom is -0.398 e. The van der Waals surface area contributed by atoms with E-state index in [1.165, 1.54) is 0 Å². The van der Waals surface area contributed by atoms with Gasteiger partial charge in [0, 0.05) is 6.61 Å². The van der Waals surface area contributed by atoms with Crippen molar-refractivity contribution in [3.05, 3.63) is 34.9 Å². The van der Waals surface area contributed by atoms with Crippen molar-refractivity contribution in [2.45, 2.75) is 6.42 Å². The van der Waals surface area contributed by atoms with E-state index in [-0.39, 0.29) is 6.61 Å². The highest BCUT2D eigenvalue weighted by Crippen LogP contribution is 2.20. The standard InChI is InChI=1S/C10H12ClNO/c11-9-7-8(3-1-2-6-13)4-5-10(9)12/h1,3-5,7,13H,2,6,12H2. The molecule has 0 aliphatic rings. The predicted molar refractivity (Wildman–Crippen MR) is 56.6 cm³/mol. The second kappa shape index (κ2) is 4.90. The lowest BCUT2D eigenvalue weighted by Crippen LogP contribution is -1.85. The molecule has 3 heteroatoms. The molecule has 2 nitrogen and oxygen atoms in total.